The third kappa shape index (κ3) is 5.00. The standard InChI is InChI=1S/C21H25N3O4S/c22-19-16-8-7-15(28-21(27)23-13-5-6-13)11-17(16)29-20(19)24-18(26)9-4-12-2-1-3-14(25)10-12/h1-3,10,13,15,25H,4-9,11,22H2,(H,23,27)(H,24,26). The van der Waals surface area contributed by atoms with Gasteiger partial charge in [0.15, 0.2) is 0 Å². The second kappa shape index (κ2) is 8.32. The monoisotopic (exact) mass is 415 g/mol. The predicted octanol–water partition coefficient (Wildman–Crippen LogP) is 3.35. The number of anilines is 2. The highest BCUT2D eigenvalue weighted by Gasteiger charge is 2.29. The second-order valence-electron chi connectivity index (χ2n) is 7.65. The summed E-state index contributed by atoms with van der Waals surface area (Å²) in [5.74, 6) is 0.0796. The number of thiophene rings is 1. The minimum atomic E-state index is -0.342. The fraction of sp³-hybridized carbons (Fsp3) is 0.429. The van der Waals surface area contributed by atoms with Crippen molar-refractivity contribution in [2.45, 2.75) is 57.1 Å². The smallest absolute Gasteiger partial charge is 0.407 e. The summed E-state index contributed by atoms with van der Waals surface area (Å²) in [4.78, 5) is 25.3. The van der Waals surface area contributed by atoms with Crippen LogP contribution in [0.15, 0.2) is 24.3 Å². The van der Waals surface area contributed by atoms with E-state index in [1.54, 1.807) is 18.2 Å². The van der Waals surface area contributed by atoms with Gasteiger partial charge < -0.3 is 26.2 Å². The predicted molar refractivity (Wildman–Crippen MR) is 112 cm³/mol. The van der Waals surface area contributed by atoms with Gasteiger partial charge in [-0.15, -0.1) is 11.3 Å². The van der Waals surface area contributed by atoms with E-state index in [4.69, 9.17) is 10.5 Å². The van der Waals surface area contributed by atoms with Crippen LogP contribution in [0.4, 0.5) is 15.5 Å². The summed E-state index contributed by atoms with van der Waals surface area (Å²) in [5.41, 5.74) is 8.85. The SMILES string of the molecule is Nc1c(NC(=O)CCc2cccc(O)c2)sc2c1CCC(OC(=O)NC1CC1)C2. The lowest BCUT2D eigenvalue weighted by Gasteiger charge is -2.22. The number of aryl methyl sites for hydroxylation is 1. The normalized spacial score (nSPS) is 18.0. The van der Waals surface area contributed by atoms with Gasteiger partial charge in [0.25, 0.3) is 0 Å². The molecule has 1 aromatic carbocycles. The first-order valence-corrected chi connectivity index (χ1v) is 10.7. The molecule has 0 radical (unpaired) electrons. The number of rotatable bonds is 6. The maximum Gasteiger partial charge on any atom is 0.407 e. The van der Waals surface area contributed by atoms with Gasteiger partial charge in [0.2, 0.25) is 5.91 Å². The van der Waals surface area contributed by atoms with Crippen LogP contribution in [-0.4, -0.2) is 29.3 Å². The van der Waals surface area contributed by atoms with E-state index >= 15 is 0 Å². The number of phenols is 1. The topological polar surface area (TPSA) is 114 Å². The third-order valence-electron chi connectivity index (χ3n) is 5.24. The quantitative estimate of drug-likeness (QED) is 0.578. The molecule has 2 aliphatic rings. The number of carbonyl (C=O) groups excluding carboxylic acids is 2. The van der Waals surface area contributed by atoms with E-state index in [0.29, 0.717) is 30.0 Å². The molecular weight excluding hydrogens is 390 g/mol. The van der Waals surface area contributed by atoms with Crippen LogP contribution in [0, 0.1) is 0 Å². The van der Waals surface area contributed by atoms with E-state index in [-0.39, 0.29) is 29.9 Å². The van der Waals surface area contributed by atoms with Crippen LogP contribution in [0.1, 0.15) is 41.7 Å². The van der Waals surface area contributed by atoms with E-state index in [1.807, 2.05) is 6.07 Å². The molecule has 1 unspecified atom stereocenters. The zero-order chi connectivity index (χ0) is 20.4. The summed E-state index contributed by atoms with van der Waals surface area (Å²) in [7, 11) is 0. The number of benzene rings is 1. The number of hydrogen-bond donors (Lipinski definition) is 4. The number of hydrogen-bond acceptors (Lipinski definition) is 6. The fourth-order valence-electron chi connectivity index (χ4n) is 3.51. The number of nitrogen functional groups attached to an aromatic ring is 1. The maximum absolute atomic E-state index is 12.4. The van der Waals surface area contributed by atoms with Crippen molar-refractivity contribution in [2.75, 3.05) is 11.1 Å². The largest absolute Gasteiger partial charge is 0.508 e. The number of phenolic OH excluding ortho intramolecular Hbond substituents is 1. The molecule has 7 nitrogen and oxygen atoms in total. The summed E-state index contributed by atoms with van der Waals surface area (Å²) in [6.45, 7) is 0. The average Bonchev–Trinajstić information content (AvgIpc) is 3.44. The molecular formula is C21H25N3O4S. The molecule has 2 amide bonds. The molecule has 154 valence electrons. The minimum absolute atomic E-state index is 0.116. The number of carbonyl (C=O) groups is 2. The van der Waals surface area contributed by atoms with Crippen molar-refractivity contribution in [1.29, 1.82) is 0 Å². The van der Waals surface area contributed by atoms with Crippen molar-refractivity contribution in [2.24, 2.45) is 0 Å². The summed E-state index contributed by atoms with van der Waals surface area (Å²) < 4.78 is 5.53. The second-order valence-corrected chi connectivity index (χ2v) is 8.76. The summed E-state index contributed by atoms with van der Waals surface area (Å²) in [6.07, 6.45) is 4.49. The Bertz CT molecular complexity index is 923. The summed E-state index contributed by atoms with van der Waals surface area (Å²) in [6, 6.07) is 7.18. The van der Waals surface area contributed by atoms with Crippen molar-refractivity contribution in [3.8, 4) is 5.75 Å². The molecule has 1 fully saturated rings. The van der Waals surface area contributed by atoms with Gasteiger partial charge in [0.1, 0.15) is 16.9 Å². The van der Waals surface area contributed by atoms with Gasteiger partial charge in [0.05, 0.1) is 5.69 Å². The van der Waals surface area contributed by atoms with Gasteiger partial charge in [-0.2, -0.15) is 0 Å². The number of fused-ring (bicyclic) bond motifs is 1. The first-order valence-electron chi connectivity index (χ1n) is 9.93. The van der Waals surface area contributed by atoms with E-state index in [9.17, 15) is 14.7 Å². The van der Waals surface area contributed by atoms with Crippen molar-refractivity contribution >= 4 is 34.0 Å². The van der Waals surface area contributed by atoms with Gasteiger partial charge in [-0.1, -0.05) is 12.1 Å². The molecule has 1 atom stereocenters. The Morgan fingerprint density at radius 3 is 2.86 bits per heavy atom. The Kier molecular flexibility index (Phi) is 5.62. The van der Waals surface area contributed by atoms with Gasteiger partial charge in [-0.3, -0.25) is 4.79 Å². The molecule has 0 spiro atoms. The van der Waals surface area contributed by atoms with Crippen molar-refractivity contribution in [3.05, 3.63) is 40.3 Å². The number of nitrogens with two attached hydrogens (primary N) is 1. The average molecular weight is 416 g/mol. The van der Waals surface area contributed by atoms with E-state index in [0.717, 1.165) is 41.7 Å². The third-order valence-corrected chi connectivity index (χ3v) is 6.42. The van der Waals surface area contributed by atoms with Gasteiger partial charge in [-0.05, 0) is 55.4 Å². The first-order chi connectivity index (χ1) is 14.0. The Balaban J connectivity index is 1.32. The lowest BCUT2D eigenvalue weighted by molar-refractivity contribution is -0.116. The fourth-order valence-corrected chi connectivity index (χ4v) is 4.76. The first kappa shape index (κ1) is 19.6. The van der Waals surface area contributed by atoms with Gasteiger partial charge >= 0.3 is 6.09 Å². The molecule has 5 N–H and O–H groups in total. The minimum Gasteiger partial charge on any atom is -0.508 e. The van der Waals surface area contributed by atoms with Crippen LogP contribution < -0.4 is 16.4 Å². The lowest BCUT2D eigenvalue weighted by atomic mass is 9.95. The van der Waals surface area contributed by atoms with Crippen molar-refractivity contribution < 1.29 is 19.4 Å². The molecule has 29 heavy (non-hydrogen) atoms. The molecule has 2 aliphatic carbocycles. The molecule has 0 bridgehead atoms. The van der Waals surface area contributed by atoms with Crippen LogP contribution in [0.5, 0.6) is 5.75 Å². The Labute approximate surface area is 173 Å². The molecule has 1 heterocycles. The van der Waals surface area contributed by atoms with Crippen LogP contribution in [-0.2, 0) is 28.8 Å². The molecule has 2 aromatic rings. The zero-order valence-electron chi connectivity index (χ0n) is 16.1. The molecule has 1 saturated carbocycles. The van der Waals surface area contributed by atoms with Crippen molar-refractivity contribution in [1.82, 2.24) is 5.32 Å². The number of ether oxygens (including phenoxy) is 1. The Hall–Kier alpha value is -2.74. The molecule has 1 aromatic heterocycles. The highest BCUT2D eigenvalue weighted by atomic mass is 32.1. The summed E-state index contributed by atoms with van der Waals surface area (Å²) in [5, 5.41) is 15.9. The molecule has 8 heteroatoms. The zero-order valence-corrected chi connectivity index (χ0v) is 16.9. The van der Waals surface area contributed by atoms with Gasteiger partial charge in [-0.25, -0.2) is 4.79 Å². The highest BCUT2D eigenvalue weighted by molar-refractivity contribution is 7.17. The molecule has 0 aliphatic heterocycles. The van der Waals surface area contributed by atoms with E-state index in [1.165, 1.54) is 11.3 Å². The van der Waals surface area contributed by atoms with E-state index < -0.39 is 0 Å². The number of alkyl carbamates (subject to hydrolysis) is 1. The lowest BCUT2D eigenvalue weighted by Crippen LogP contribution is -2.32. The highest BCUT2D eigenvalue weighted by Crippen LogP contribution is 2.40. The number of amides is 2. The Morgan fingerprint density at radius 2 is 2.10 bits per heavy atom. The van der Waals surface area contributed by atoms with Gasteiger partial charge in [0, 0.05) is 23.8 Å². The molecule has 4 rings (SSSR count). The van der Waals surface area contributed by atoms with E-state index in [2.05, 4.69) is 10.6 Å². The Morgan fingerprint density at radius 1 is 1.28 bits per heavy atom. The van der Waals surface area contributed by atoms with Crippen LogP contribution in [0.3, 0.4) is 0 Å². The maximum atomic E-state index is 12.4. The van der Waals surface area contributed by atoms with Crippen LogP contribution in [0.25, 0.3) is 0 Å². The number of aromatic hydroxyl groups is 1. The van der Waals surface area contributed by atoms with Crippen LogP contribution in [0.2, 0.25) is 0 Å². The number of nitrogens with one attached hydrogen (secondary N) is 2. The van der Waals surface area contributed by atoms with Crippen molar-refractivity contribution in [3.63, 3.8) is 0 Å². The summed E-state index contributed by atoms with van der Waals surface area (Å²) >= 11 is 1.46. The molecule has 0 saturated heterocycles. The van der Waals surface area contributed by atoms with Crippen LogP contribution >= 0.6 is 11.3 Å².